The second kappa shape index (κ2) is 21.2. The molecular formula is C22H47BrNP. The standard InChI is InChI=1S/C22H46NP.BrH/c1-2-3-4-5-6-7-8-9-10-11-12-13-14-15-17-22-18-20-23-19-16-21-24-22;/h22-24H,2-21H2,1H3;1H. The van der Waals surface area contributed by atoms with Crippen LogP contribution >= 0.6 is 25.6 Å². The highest BCUT2D eigenvalue weighted by atomic mass is 79.9. The number of nitrogens with one attached hydrogen (secondary N) is 1. The highest BCUT2D eigenvalue weighted by Gasteiger charge is 2.10. The van der Waals surface area contributed by atoms with Crippen LogP contribution in [-0.4, -0.2) is 24.9 Å². The maximum Gasteiger partial charge on any atom is -0.00430 e. The van der Waals surface area contributed by atoms with E-state index in [1.165, 1.54) is 137 Å². The van der Waals surface area contributed by atoms with E-state index < -0.39 is 0 Å². The molecule has 0 saturated carbocycles. The quantitative estimate of drug-likeness (QED) is 0.203. The summed E-state index contributed by atoms with van der Waals surface area (Å²) in [6, 6.07) is 0. The molecule has 0 aromatic rings. The Morgan fingerprint density at radius 1 is 0.720 bits per heavy atom. The Labute approximate surface area is 171 Å². The average molecular weight is 437 g/mol. The Morgan fingerprint density at radius 3 is 1.80 bits per heavy atom. The summed E-state index contributed by atoms with van der Waals surface area (Å²) in [5.74, 6) is 0. The van der Waals surface area contributed by atoms with Crippen LogP contribution in [0, 0.1) is 0 Å². The van der Waals surface area contributed by atoms with E-state index >= 15 is 0 Å². The van der Waals surface area contributed by atoms with E-state index in [-0.39, 0.29) is 17.0 Å². The molecule has 25 heavy (non-hydrogen) atoms. The third-order valence-corrected chi connectivity index (χ3v) is 7.34. The fourth-order valence-electron chi connectivity index (χ4n) is 3.85. The van der Waals surface area contributed by atoms with E-state index in [9.17, 15) is 0 Å². The highest BCUT2D eigenvalue weighted by molar-refractivity contribution is 8.93. The molecule has 3 heteroatoms. The van der Waals surface area contributed by atoms with Crippen molar-refractivity contribution in [3.63, 3.8) is 0 Å². The zero-order valence-electron chi connectivity index (χ0n) is 17.1. The van der Waals surface area contributed by atoms with Crippen LogP contribution in [0.5, 0.6) is 0 Å². The van der Waals surface area contributed by atoms with Gasteiger partial charge in [-0.2, -0.15) is 0 Å². The van der Waals surface area contributed by atoms with Gasteiger partial charge in [0.2, 0.25) is 0 Å². The van der Waals surface area contributed by atoms with Gasteiger partial charge in [0, 0.05) is 0 Å². The molecule has 0 radical (unpaired) electrons. The van der Waals surface area contributed by atoms with Crippen LogP contribution in [0.15, 0.2) is 0 Å². The smallest absolute Gasteiger partial charge is 0.00430 e. The topological polar surface area (TPSA) is 12.0 Å². The largest absolute Gasteiger partial charge is 0.317 e. The van der Waals surface area contributed by atoms with Gasteiger partial charge in [-0.05, 0) is 44.2 Å². The van der Waals surface area contributed by atoms with Crippen molar-refractivity contribution in [2.24, 2.45) is 0 Å². The second-order valence-electron chi connectivity index (χ2n) is 7.93. The van der Waals surface area contributed by atoms with Crippen molar-refractivity contribution in [1.29, 1.82) is 0 Å². The fourth-order valence-corrected chi connectivity index (χ4v) is 5.40. The molecule has 0 amide bonds. The van der Waals surface area contributed by atoms with Gasteiger partial charge in [0.25, 0.3) is 0 Å². The van der Waals surface area contributed by atoms with E-state index in [1.54, 1.807) is 0 Å². The molecule has 152 valence electrons. The van der Waals surface area contributed by atoms with Crippen molar-refractivity contribution in [3.8, 4) is 0 Å². The summed E-state index contributed by atoms with van der Waals surface area (Å²) in [5, 5.41) is 3.57. The molecule has 0 aromatic heterocycles. The number of hydrogen-bond acceptors (Lipinski definition) is 1. The van der Waals surface area contributed by atoms with Crippen LogP contribution in [0.2, 0.25) is 0 Å². The van der Waals surface area contributed by atoms with Crippen LogP contribution in [0.3, 0.4) is 0 Å². The Hall–Kier alpha value is 0.870. The van der Waals surface area contributed by atoms with Crippen LogP contribution in [0.1, 0.15) is 116 Å². The summed E-state index contributed by atoms with van der Waals surface area (Å²) in [6.07, 6.45) is 26.5. The Morgan fingerprint density at radius 2 is 1.24 bits per heavy atom. The maximum absolute atomic E-state index is 3.57. The number of rotatable bonds is 15. The van der Waals surface area contributed by atoms with Crippen molar-refractivity contribution in [3.05, 3.63) is 0 Å². The van der Waals surface area contributed by atoms with Crippen molar-refractivity contribution in [2.75, 3.05) is 19.3 Å². The normalized spacial score (nSPS) is 19.3. The number of hydrogen-bond donors (Lipinski definition) is 1. The third kappa shape index (κ3) is 18.0. The van der Waals surface area contributed by atoms with Gasteiger partial charge in [0.15, 0.2) is 0 Å². The lowest BCUT2D eigenvalue weighted by Gasteiger charge is -2.20. The molecule has 1 fully saturated rings. The first kappa shape index (κ1) is 25.9. The van der Waals surface area contributed by atoms with Gasteiger partial charge in [0.05, 0.1) is 0 Å². The molecule has 1 saturated heterocycles. The Kier molecular flexibility index (Phi) is 21.9. The monoisotopic (exact) mass is 435 g/mol. The molecule has 1 N–H and O–H groups in total. The van der Waals surface area contributed by atoms with E-state index in [0.717, 1.165) is 5.66 Å². The fraction of sp³-hybridized carbons (Fsp3) is 1.00. The zero-order valence-corrected chi connectivity index (χ0v) is 19.8. The molecule has 2 atom stereocenters. The zero-order chi connectivity index (χ0) is 17.1. The van der Waals surface area contributed by atoms with Crippen molar-refractivity contribution in [2.45, 2.75) is 122 Å². The highest BCUT2D eigenvalue weighted by Crippen LogP contribution is 2.28. The molecule has 0 aromatic carbocycles. The minimum Gasteiger partial charge on any atom is -0.317 e. The lowest BCUT2D eigenvalue weighted by molar-refractivity contribution is 0.524. The first-order chi connectivity index (χ1) is 11.9. The molecule has 0 aliphatic carbocycles. The average Bonchev–Trinajstić information content (AvgIpc) is 2.56. The Balaban J connectivity index is 0.00000576. The van der Waals surface area contributed by atoms with Crippen molar-refractivity contribution >= 4 is 25.6 Å². The number of unbranched alkanes of at least 4 members (excludes halogenated alkanes) is 13. The van der Waals surface area contributed by atoms with E-state index in [0.29, 0.717) is 0 Å². The van der Waals surface area contributed by atoms with E-state index in [2.05, 4.69) is 12.2 Å². The summed E-state index contributed by atoms with van der Waals surface area (Å²) in [4.78, 5) is 0. The van der Waals surface area contributed by atoms with Crippen molar-refractivity contribution < 1.29 is 0 Å². The predicted molar refractivity (Wildman–Crippen MR) is 124 cm³/mol. The van der Waals surface area contributed by atoms with Crippen LogP contribution in [-0.2, 0) is 0 Å². The first-order valence-corrected chi connectivity index (χ1v) is 12.7. The van der Waals surface area contributed by atoms with Gasteiger partial charge in [0.1, 0.15) is 0 Å². The number of halogens is 1. The minimum absolute atomic E-state index is 0. The SMILES string of the molecule is Br.CCCCCCCCCCCCCCCCC1CCNCCCP1. The van der Waals surface area contributed by atoms with E-state index in [4.69, 9.17) is 0 Å². The van der Waals surface area contributed by atoms with Gasteiger partial charge in [-0.25, -0.2) is 0 Å². The van der Waals surface area contributed by atoms with Gasteiger partial charge < -0.3 is 5.32 Å². The molecule has 1 aliphatic heterocycles. The molecule has 1 aliphatic rings. The summed E-state index contributed by atoms with van der Waals surface area (Å²) in [7, 11) is 1.25. The van der Waals surface area contributed by atoms with E-state index in [1.807, 2.05) is 0 Å². The third-order valence-electron chi connectivity index (χ3n) is 5.54. The molecule has 1 heterocycles. The van der Waals surface area contributed by atoms with Gasteiger partial charge in [-0.3, -0.25) is 0 Å². The maximum atomic E-state index is 3.57. The molecular weight excluding hydrogens is 389 g/mol. The summed E-state index contributed by atoms with van der Waals surface area (Å²) in [6.45, 7) is 4.84. The predicted octanol–water partition coefficient (Wildman–Crippen LogP) is 7.87. The molecule has 1 nitrogen and oxygen atoms in total. The van der Waals surface area contributed by atoms with Gasteiger partial charge >= 0.3 is 0 Å². The van der Waals surface area contributed by atoms with Crippen molar-refractivity contribution in [1.82, 2.24) is 5.32 Å². The minimum atomic E-state index is 0. The summed E-state index contributed by atoms with van der Waals surface area (Å²) < 4.78 is 0. The van der Waals surface area contributed by atoms with Crippen LogP contribution in [0.4, 0.5) is 0 Å². The summed E-state index contributed by atoms with van der Waals surface area (Å²) >= 11 is 0. The molecule has 0 spiro atoms. The van der Waals surface area contributed by atoms with Gasteiger partial charge in [-0.15, -0.1) is 25.6 Å². The molecule has 0 bridgehead atoms. The molecule has 2 unspecified atom stereocenters. The van der Waals surface area contributed by atoms with Crippen LogP contribution < -0.4 is 5.32 Å². The first-order valence-electron chi connectivity index (χ1n) is 11.4. The second-order valence-corrected chi connectivity index (χ2v) is 9.65. The van der Waals surface area contributed by atoms with Crippen LogP contribution in [0.25, 0.3) is 0 Å². The lowest BCUT2D eigenvalue weighted by Crippen LogP contribution is -2.23. The summed E-state index contributed by atoms with van der Waals surface area (Å²) in [5.41, 5.74) is 1.05. The Bertz CT molecular complexity index is 242. The van der Waals surface area contributed by atoms with Gasteiger partial charge in [-0.1, -0.05) is 96.8 Å². The lowest BCUT2D eigenvalue weighted by atomic mass is 10.0. The molecule has 1 rings (SSSR count).